The second-order valence-electron chi connectivity index (χ2n) is 20.1. The SMILES string of the molecule is Cc1c(=O)n(C)c(Nc2ccc(I)cc2F)c2c(=O)n(C3CC3)c(=O)n(-c3cccc(NC(O)C4CCC(C(=O)N5CCN(CC6CCN(c7ccc(C8CCC(=O)NC8=O)cn7)CC6)CC5)CC4)c3)c12. The van der Waals surface area contributed by atoms with Crippen LogP contribution in [0, 0.1) is 34.1 Å². The van der Waals surface area contributed by atoms with Gasteiger partial charge in [0.05, 0.1) is 22.8 Å². The van der Waals surface area contributed by atoms with E-state index in [1.165, 1.54) is 26.8 Å². The van der Waals surface area contributed by atoms with Gasteiger partial charge in [0, 0.05) is 98.2 Å². The van der Waals surface area contributed by atoms with Crippen molar-refractivity contribution in [3.63, 3.8) is 0 Å². The molecule has 6 heterocycles. The number of fused-ring (bicyclic) bond motifs is 1. The van der Waals surface area contributed by atoms with Crippen LogP contribution in [0.25, 0.3) is 16.6 Å². The topological polar surface area (TPSA) is 196 Å². The lowest BCUT2D eigenvalue weighted by atomic mass is 9.80. The van der Waals surface area contributed by atoms with Crippen molar-refractivity contribution < 1.29 is 23.9 Å². The van der Waals surface area contributed by atoms with Gasteiger partial charge in [-0.25, -0.2) is 14.2 Å². The molecular formula is C52H60FIN10O7. The van der Waals surface area contributed by atoms with Crippen LogP contribution in [0.1, 0.15) is 87.3 Å². The lowest BCUT2D eigenvalue weighted by Gasteiger charge is -2.40. The third kappa shape index (κ3) is 10.0. The summed E-state index contributed by atoms with van der Waals surface area (Å²) >= 11 is 2.01. The smallest absolute Gasteiger partial charge is 0.336 e. The number of pyridine rings is 2. The van der Waals surface area contributed by atoms with Crippen molar-refractivity contribution in [1.29, 1.82) is 0 Å². The van der Waals surface area contributed by atoms with E-state index in [4.69, 9.17) is 0 Å². The van der Waals surface area contributed by atoms with Crippen molar-refractivity contribution in [1.82, 2.24) is 33.8 Å². The van der Waals surface area contributed by atoms with E-state index in [-0.39, 0.29) is 69.5 Å². The first kappa shape index (κ1) is 48.7. The maximum Gasteiger partial charge on any atom is 0.336 e. The molecule has 5 aromatic rings. The molecule has 2 atom stereocenters. The van der Waals surface area contributed by atoms with E-state index in [1.807, 2.05) is 39.6 Å². The van der Waals surface area contributed by atoms with E-state index in [9.17, 15) is 33.9 Å². The summed E-state index contributed by atoms with van der Waals surface area (Å²) in [6.07, 6.45) is 7.78. The van der Waals surface area contributed by atoms with E-state index in [2.05, 4.69) is 30.7 Å². The Hall–Kier alpha value is -5.93. The van der Waals surface area contributed by atoms with Gasteiger partial charge >= 0.3 is 5.69 Å². The summed E-state index contributed by atoms with van der Waals surface area (Å²) in [7, 11) is 1.51. The highest BCUT2D eigenvalue weighted by Gasteiger charge is 2.36. The Kier molecular flexibility index (Phi) is 13.9. The van der Waals surface area contributed by atoms with Gasteiger partial charge in [0.1, 0.15) is 29.1 Å². The highest BCUT2D eigenvalue weighted by Crippen LogP contribution is 2.36. The number of hydrogen-bond acceptors (Lipinski definition) is 12. The molecule has 3 saturated heterocycles. The first-order valence-corrected chi connectivity index (χ1v) is 26.0. The molecule has 2 aromatic carbocycles. The molecule has 17 nitrogen and oxygen atoms in total. The zero-order valence-corrected chi connectivity index (χ0v) is 42.2. The lowest BCUT2D eigenvalue weighted by Crippen LogP contribution is -2.52. The third-order valence-electron chi connectivity index (χ3n) is 15.5. The lowest BCUT2D eigenvalue weighted by molar-refractivity contribution is -0.139. The maximum absolute atomic E-state index is 15.2. The molecule has 5 fully saturated rings. The summed E-state index contributed by atoms with van der Waals surface area (Å²) in [5.41, 5.74) is 0.546. The molecule has 0 radical (unpaired) electrons. The summed E-state index contributed by atoms with van der Waals surface area (Å²) in [6, 6.07) is 15.2. The number of carbonyl (C=O) groups is 3. The van der Waals surface area contributed by atoms with Gasteiger partial charge in [0.25, 0.3) is 11.1 Å². The molecule has 3 aliphatic heterocycles. The molecule has 4 N–H and O–H groups in total. The van der Waals surface area contributed by atoms with Crippen LogP contribution in [0.2, 0.25) is 0 Å². The van der Waals surface area contributed by atoms with Crippen molar-refractivity contribution in [2.24, 2.45) is 24.8 Å². The summed E-state index contributed by atoms with van der Waals surface area (Å²) in [4.78, 5) is 91.7. The van der Waals surface area contributed by atoms with Crippen LogP contribution >= 0.6 is 22.6 Å². The molecule has 10 rings (SSSR count). The maximum atomic E-state index is 15.2. The number of amides is 3. The standard InChI is InChI=1S/C52H60FIN10O7/c1-30-45-44(46(59(2)49(30)68)57-41-15-11-35(54)26-40(41)53)51(70)64(37-12-13-37)52(71)63(45)38-5-3-4-36(27-38)56-47(66)32-6-8-33(9-7-32)50(69)62-24-22-60(23-25-62)29-31-18-20-61(21-19-31)42-16-10-34(28-55-42)39-14-17-43(65)58-48(39)67/h3-5,10-11,15-16,26-28,31-33,37,39,47,56-57,66H,6-9,12-14,17-25,29H2,1-2H3,(H,58,65,67). The van der Waals surface area contributed by atoms with Gasteiger partial charge in [-0.15, -0.1) is 0 Å². The van der Waals surface area contributed by atoms with Crippen molar-refractivity contribution in [3.05, 3.63) is 113 Å². The zero-order valence-electron chi connectivity index (χ0n) is 40.0. The number of aliphatic hydroxyl groups is 1. The Labute approximate surface area is 423 Å². The van der Waals surface area contributed by atoms with Crippen LogP contribution in [-0.4, -0.2) is 103 Å². The minimum atomic E-state index is -0.930. The van der Waals surface area contributed by atoms with Crippen LogP contribution < -0.4 is 37.7 Å². The highest BCUT2D eigenvalue weighted by atomic mass is 127. The fourth-order valence-electron chi connectivity index (χ4n) is 11.2. The molecular weight excluding hydrogens is 1020 g/mol. The van der Waals surface area contributed by atoms with Crippen molar-refractivity contribution in [2.75, 3.05) is 61.3 Å². The predicted octanol–water partition coefficient (Wildman–Crippen LogP) is 5.49. The van der Waals surface area contributed by atoms with E-state index in [0.29, 0.717) is 85.3 Å². The van der Waals surface area contributed by atoms with Gasteiger partial charge in [-0.2, -0.15) is 0 Å². The van der Waals surface area contributed by atoms with E-state index >= 15 is 4.39 Å². The van der Waals surface area contributed by atoms with Crippen LogP contribution in [0.4, 0.5) is 27.4 Å². The Balaban J connectivity index is 0.735. The molecule has 2 aliphatic carbocycles. The molecule has 2 saturated carbocycles. The number of piperazine rings is 1. The van der Waals surface area contributed by atoms with E-state index < -0.39 is 28.9 Å². The number of aryl methyl sites for hydroxylation is 1. The molecule has 0 bridgehead atoms. The molecule has 374 valence electrons. The zero-order chi connectivity index (χ0) is 49.7. The number of imide groups is 1. The Morgan fingerprint density at radius 1 is 0.887 bits per heavy atom. The monoisotopic (exact) mass is 1080 g/mol. The number of halogens is 2. The minimum Gasteiger partial charge on any atom is -0.374 e. The Morgan fingerprint density at radius 3 is 2.31 bits per heavy atom. The van der Waals surface area contributed by atoms with Gasteiger partial charge < -0.3 is 25.5 Å². The number of nitrogens with one attached hydrogen (secondary N) is 3. The molecule has 19 heteroatoms. The predicted molar refractivity (Wildman–Crippen MR) is 277 cm³/mol. The molecule has 5 aliphatic rings. The quantitative estimate of drug-likeness (QED) is 0.0698. The normalized spacial score (nSPS) is 21.8. The number of hydrogen-bond donors (Lipinski definition) is 4. The minimum absolute atomic E-state index is 0.0717. The Bertz CT molecular complexity index is 3060. The average Bonchev–Trinajstić information content (AvgIpc) is 4.21. The summed E-state index contributed by atoms with van der Waals surface area (Å²) in [5.74, 6) is 0.162. The fourth-order valence-corrected chi connectivity index (χ4v) is 11.7. The number of rotatable bonds is 12. The van der Waals surface area contributed by atoms with Gasteiger partial charge in [-0.1, -0.05) is 12.1 Å². The van der Waals surface area contributed by atoms with Gasteiger partial charge in [-0.05, 0) is 141 Å². The largest absolute Gasteiger partial charge is 0.374 e. The summed E-state index contributed by atoms with van der Waals surface area (Å²) < 4.78 is 19.8. The number of carbonyl (C=O) groups excluding carboxylic acids is 3. The number of aromatic nitrogens is 4. The number of aliphatic hydroxyl groups excluding tert-OH is 1. The molecule has 3 aromatic heterocycles. The van der Waals surface area contributed by atoms with Gasteiger partial charge in [0.2, 0.25) is 17.7 Å². The van der Waals surface area contributed by atoms with Crippen molar-refractivity contribution >= 4 is 74.2 Å². The first-order chi connectivity index (χ1) is 34.2. The highest BCUT2D eigenvalue weighted by molar-refractivity contribution is 14.1. The van der Waals surface area contributed by atoms with Gasteiger partial charge in [0.15, 0.2) is 0 Å². The van der Waals surface area contributed by atoms with Gasteiger partial charge in [-0.3, -0.25) is 47.9 Å². The van der Waals surface area contributed by atoms with Crippen LogP contribution in [0.3, 0.4) is 0 Å². The van der Waals surface area contributed by atoms with Crippen LogP contribution in [-0.2, 0) is 21.4 Å². The number of benzene rings is 2. The molecule has 2 unspecified atom stereocenters. The second kappa shape index (κ2) is 20.3. The van der Waals surface area contributed by atoms with Crippen LogP contribution in [0.15, 0.2) is 75.2 Å². The third-order valence-corrected chi connectivity index (χ3v) is 16.1. The van der Waals surface area contributed by atoms with E-state index in [1.54, 1.807) is 49.5 Å². The number of piperidine rings is 2. The van der Waals surface area contributed by atoms with Crippen LogP contribution in [0.5, 0.6) is 0 Å². The first-order valence-electron chi connectivity index (χ1n) is 25.0. The fraction of sp³-hybridized carbons (Fsp3) is 0.481. The molecule has 3 amide bonds. The van der Waals surface area contributed by atoms with Crippen molar-refractivity contribution in [2.45, 2.75) is 89.3 Å². The van der Waals surface area contributed by atoms with Crippen molar-refractivity contribution in [3.8, 4) is 5.69 Å². The van der Waals surface area contributed by atoms with E-state index in [0.717, 1.165) is 56.9 Å². The number of nitrogens with zero attached hydrogens (tertiary/aromatic N) is 7. The summed E-state index contributed by atoms with van der Waals surface area (Å²) in [5, 5.41) is 20.3. The molecule has 71 heavy (non-hydrogen) atoms. The second-order valence-corrected chi connectivity index (χ2v) is 21.3. The number of anilines is 4. The molecule has 0 spiro atoms. The summed E-state index contributed by atoms with van der Waals surface area (Å²) in [6.45, 7) is 7.50. The Morgan fingerprint density at radius 2 is 1.63 bits per heavy atom. The average molecular weight is 1080 g/mol.